The molecule has 0 spiro atoms. The van der Waals surface area contributed by atoms with Gasteiger partial charge in [0.1, 0.15) is 5.65 Å². The molecule has 4 aromatic rings. The van der Waals surface area contributed by atoms with Gasteiger partial charge >= 0.3 is 0 Å². The average Bonchev–Trinajstić information content (AvgIpc) is 3.05. The molecule has 0 unspecified atom stereocenters. The third-order valence-electron chi connectivity index (χ3n) is 5.55. The zero-order valence-electron chi connectivity index (χ0n) is 15.8. The van der Waals surface area contributed by atoms with E-state index in [1.807, 2.05) is 18.3 Å². The maximum atomic E-state index is 6.37. The van der Waals surface area contributed by atoms with Crippen molar-refractivity contribution in [1.29, 1.82) is 0 Å². The highest BCUT2D eigenvalue weighted by atomic mass is 35.5. The molecule has 1 aliphatic rings. The van der Waals surface area contributed by atoms with Crippen LogP contribution in [0.15, 0.2) is 66.9 Å². The molecule has 2 aromatic carbocycles. The van der Waals surface area contributed by atoms with Crippen molar-refractivity contribution in [2.75, 3.05) is 5.32 Å². The Hall–Kier alpha value is -2.78. The summed E-state index contributed by atoms with van der Waals surface area (Å²) in [5.74, 6) is 0. The average molecular weight is 388 g/mol. The second-order valence-electron chi connectivity index (χ2n) is 7.56. The number of rotatable bonds is 4. The lowest BCUT2D eigenvalue weighted by Gasteiger charge is -2.27. The standard InChI is InChI=1S/C24H22ClN3/c1-16-14-19(25)15-28-23(18-6-3-2-4-7-18)22(27-24(16)28)17-10-12-21(13-11-17)26-20-8-5-9-20/h2-4,6-7,10-15,20,26H,5,8-9H2,1H3. The maximum Gasteiger partial charge on any atom is 0.141 e. The van der Waals surface area contributed by atoms with Crippen LogP contribution in [-0.2, 0) is 0 Å². The topological polar surface area (TPSA) is 29.3 Å². The molecule has 1 fully saturated rings. The van der Waals surface area contributed by atoms with Gasteiger partial charge in [0.15, 0.2) is 0 Å². The van der Waals surface area contributed by atoms with Crippen LogP contribution in [0.2, 0.25) is 5.02 Å². The van der Waals surface area contributed by atoms with Gasteiger partial charge in [-0.3, -0.25) is 4.40 Å². The van der Waals surface area contributed by atoms with E-state index in [0.29, 0.717) is 11.1 Å². The van der Waals surface area contributed by atoms with Gasteiger partial charge in [-0.15, -0.1) is 0 Å². The van der Waals surface area contributed by atoms with E-state index in [1.54, 1.807) is 0 Å². The van der Waals surface area contributed by atoms with Gasteiger partial charge in [0.2, 0.25) is 0 Å². The molecule has 1 aliphatic carbocycles. The predicted molar refractivity (Wildman–Crippen MR) is 117 cm³/mol. The number of nitrogens with one attached hydrogen (secondary N) is 1. The molecule has 140 valence electrons. The Bertz CT molecular complexity index is 1130. The number of aryl methyl sites for hydroxylation is 1. The highest BCUT2D eigenvalue weighted by Gasteiger charge is 2.19. The number of anilines is 1. The van der Waals surface area contributed by atoms with Crippen molar-refractivity contribution in [3.05, 3.63) is 77.4 Å². The number of halogens is 1. The summed E-state index contributed by atoms with van der Waals surface area (Å²) in [7, 11) is 0. The van der Waals surface area contributed by atoms with Gasteiger partial charge in [0.05, 0.1) is 16.4 Å². The van der Waals surface area contributed by atoms with Crippen LogP contribution in [0.1, 0.15) is 24.8 Å². The smallest absolute Gasteiger partial charge is 0.141 e. The Morgan fingerprint density at radius 3 is 2.43 bits per heavy atom. The number of nitrogens with zero attached hydrogens (tertiary/aromatic N) is 2. The number of hydrogen-bond donors (Lipinski definition) is 1. The molecule has 0 radical (unpaired) electrons. The van der Waals surface area contributed by atoms with Crippen LogP contribution >= 0.6 is 11.6 Å². The first-order valence-corrected chi connectivity index (χ1v) is 10.2. The minimum absolute atomic E-state index is 0.630. The molecule has 1 N–H and O–H groups in total. The van der Waals surface area contributed by atoms with Crippen LogP contribution in [-0.4, -0.2) is 15.4 Å². The summed E-state index contributed by atoms with van der Waals surface area (Å²) in [4.78, 5) is 5.00. The lowest BCUT2D eigenvalue weighted by Crippen LogP contribution is -2.26. The summed E-state index contributed by atoms with van der Waals surface area (Å²) >= 11 is 6.37. The van der Waals surface area contributed by atoms with Crippen LogP contribution < -0.4 is 5.32 Å². The second kappa shape index (κ2) is 6.99. The summed E-state index contributed by atoms with van der Waals surface area (Å²) < 4.78 is 2.11. The molecule has 3 nitrogen and oxygen atoms in total. The zero-order valence-corrected chi connectivity index (χ0v) is 16.6. The summed E-state index contributed by atoms with van der Waals surface area (Å²) in [6.45, 7) is 2.05. The van der Waals surface area contributed by atoms with Gasteiger partial charge in [0, 0.05) is 29.1 Å². The second-order valence-corrected chi connectivity index (χ2v) is 8.00. The molecule has 1 saturated carbocycles. The molecule has 0 amide bonds. The third-order valence-corrected chi connectivity index (χ3v) is 5.76. The van der Waals surface area contributed by atoms with E-state index in [1.165, 1.54) is 24.9 Å². The first kappa shape index (κ1) is 17.3. The van der Waals surface area contributed by atoms with Gasteiger partial charge in [-0.1, -0.05) is 54.1 Å². The normalized spacial score (nSPS) is 14.2. The first-order chi connectivity index (χ1) is 13.7. The van der Waals surface area contributed by atoms with Crippen LogP contribution in [0.3, 0.4) is 0 Å². The van der Waals surface area contributed by atoms with Crippen LogP contribution in [0.4, 0.5) is 5.69 Å². The number of aromatic nitrogens is 2. The van der Waals surface area contributed by atoms with Crippen LogP contribution in [0.25, 0.3) is 28.2 Å². The van der Waals surface area contributed by atoms with Crippen LogP contribution in [0, 0.1) is 6.92 Å². The minimum Gasteiger partial charge on any atom is -0.382 e. The van der Waals surface area contributed by atoms with E-state index in [4.69, 9.17) is 16.6 Å². The SMILES string of the molecule is Cc1cc(Cl)cn2c(-c3ccccc3)c(-c3ccc(NC4CCC4)cc3)nc12. The van der Waals surface area contributed by atoms with Crippen LogP contribution in [0.5, 0.6) is 0 Å². The van der Waals surface area contributed by atoms with Crippen molar-refractivity contribution in [3.8, 4) is 22.5 Å². The molecule has 4 heteroatoms. The predicted octanol–water partition coefficient (Wildman–Crippen LogP) is 6.59. The fraction of sp³-hybridized carbons (Fsp3) is 0.208. The fourth-order valence-electron chi connectivity index (χ4n) is 3.85. The molecular weight excluding hydrogens is 366 g/mol. The first-order valence-electron chi connectivity index (χ1n) is 9.79. The summed E-state index contributed by atoms with van der Waals surface area (Å²) in [6, 6.07) is 21.6. The molecule has 0 bridgehead atoms. The monoisotopic (exact) mass is 387 g/mol. The molecule has 2 aromatic heterocycles. The van der Waals surface area contributed by atoms with Crippen molar-refractivity contribution in [2.45, 2.75) is 32.2 Å². The Labute approximate surface area is 170 Å². The summed E-state index contributed by atoms with van der Waals surface area (Å²) in [6.07, 6.45) is 5.83. The lowest BCUT2D eigenvalue weighted by atomic mass is 9.93. The van der Waals surface area contributed by atoms with Crippen molar-refractivity contribution < 1.29 is 0 Å². The highest BCUT2D eigenvalue weighted by Crippen LogP contribution is 2.35. The molecule has 0 saturated heterocycles. The molecular formula is C24H22ClN3. The van der Waals surface area contributed by atoms with Crippen molar-refractivity contribution in [2.24, 2.45) is 0 Å². The van der Waals surface area contributed by atoms with Gasteiger partial charge in [-0.05, 0) is 49.9 Å². The number of benzene rings is 2. The minimum atomic E-state index is 0.630. The van der Waals surface area contributed by atoms with Gasteiger partial charge < -0.3 is 5.32 Å². The fourth-order valence-corrected chi connectivity index (χ4v) is 4.12. The number of imidazole rings is 1. The maximum absolute atomic E-state index is 6.37. The molecule has 2 heterocycles. The Kier molecular flexibility index (Phi) is 4.33. The third kappa shape index (κ3) is 3.06. The molecule has 28 heavy (non-hydrogen) atoms. The Morgan fingerprint density at radius 1 is 1.00 bits per heavy atom. The summed E-state index contributed by atoms with van der Waals surface area (Å²) in [5, 5.41) is 4.32. The Balaban J connectivity index is 1.65. The Morgan fingerprint density at radius 2 is 1.75 bits per heavy atom. The number of fused-ring (bicyclic) bond motifs is 1. The van der Waals surface area contributed by atoms with Gasteiger partial charge in [-0.25, -0.2) is 4.98 Å². The van der Waals surface area contributed by atoms with E-state index in [-0.39, 0.29) is 0 Å². The highest BCUT2D eigenvalue weighted by molar-refractivity contribution is 6.30. The molecule has 5 rings (SSSR count). The van der Waals surface area contributed by atoms with E-state index >= 15 is 0 Å². The van der Waals surface area contributed by atoms with E-state index in [9.17, 15) is 0 Å². The largest absolute Gasteiger partial charge is 0.382 e. The van der Waals surface area contributed by atoms with Crippen molar-refractivity contribution >= 4 is 22.9 Å². The van der Waals surface area contributed by atoms with E-state index in [0.717, 1.165) is 33.7 Å². The summed E-state index contributed by atoms with van der Waals surface area (Å²) in [5.41, 5.74) is 7.47. The van der Waals surface area contributed by atoms with E-state index in [2.05, 4.69) is 65.2 Å². The molecule has 0 aliphatic heterocycles. The zero-order chi connectivity index (χ0) is 19.1. The van der Waals surface area contributed by atoms with Crippen molar-refractivity contribution in [3.63, 3.8) is 0 Å². The quantitative estimate of drug-likeness (QED) is 0.427. The van der Waals surface area contributed by atoms with Crippen molar-refractivity contribution in [1.82, 2.24) is 9.38 Å². The lowest BCUT2D eigenvalue weighted by molar-refractivity contribution is 0.445. The number of pyridine rings is 1. The van der Waals surface area contributed by atoms with E-state index < -0.39 is 0 Å². The molecule has 0 atom stereocenters. The number of hydrogen-bond acceptors (Lipinski definition) is 2. The van der Waals surface area contributed by atoms with Gasteiger partial charge in [-0.2, -0.15) is 0 Å². The van der Waals surface area contributed by atoms with Gasteiger partial charge in [0.25, 0.3) is 0 Å².